The summed E-state index contributed by atoms with van der Waals surface area (Å²) in [5, 5.41) is 2.91. The van der Waals surface area contributed by atoms with Crippen molar-refractivity contribution in [3.8, 4) is 0 Å². The number of anilines is 1. The van der Waals surface area contributed by atoms with Crippen molar-refractivity contribution in [3.63, 3.8) is 0 Å². The maximum atomic E-state index is 11.3. The number of likely N-dealkylation sites (tertiary alicyclic amines) is 1. The molecule has 1 aliphatic heterocycles. The maximum absolute atomic E-state index is 11.3. The molecule has 0 bridgehead atoms. The number of nitrogens with one attached hydrogen (secondary N) is 1. The molecule has 0 aromatic heterocycles. The fraction of sp³-hybridized carbons (Fsp3) is 0.409. The second-order valence-corrected chi connectivity index (χ2v) is 7.55. The second-order valence-electron chi connectivity index (χ2n) is 7.55. The molecule has 0 saturated carbocycles. The molecule has 3 nitrogen and oxygen atoms in total. The Labute approximate surface area is 151 Å². The Morgan fingerprint density at radius 1 is 1.20 bits per heavy atom. The molecule has 25 heavy (non-hydrogen) atoms. The van der Waals surface area contributed by atoms with Crippen molar-refractivity contribution in [2.45, 2.75) is 39.2 Å². The van der Waals surface area contributed by atoms with E-state index in [0.717, 1.165) is 31.7 Å². The first-order chi connectivity index (χ1) is 12.0. The molecule has 2 aromatic carbocycles. The molecule has 0 spiro atoms. The summed E-state index contributed by atoms with van der Waals surface area (Å²) in [5.74, 6) is 0.533. The molecule has 1 N–H and O–H groups in total. The fourth-order valence-corrected chi connectivity index (χ4v) is 3.89. The zero-order valence-corrected chi connectivity index (χ0v) is 15.5. The molecule has 0 radical (unpaired) electrons. The Bertz CT molecular complexity index is 728. The van der Waals surface area contributed by atoms with Crippen molar-refractivity contribution in [2.75, 3.05) is 18.4 Å². The number of piperidine rings is 1. The van der Waals surface area contributed by atoms with Crippen molar-refractivity contribution in [1.29, 1.82) is 0 Å². The predicted octanol–water partition coefficient (Wildman–Crippen LogP) is 4.44. The zero-order chi connectivity index (χ0) is 17.9. The molecule has 3 rings (SSSR count). The average Bonchev–Trinajstić information content (AvgIpc) is 2.59. The van der Waals surface area contributed by atoms with E-state index in [1.54, 1.807) is 6.92 Å². The topological polar surface area (TPSA) is 32.3 Å². The SMILES string of the molecule is CC(=O)Nc1cccc(C2(C)CCN(Cc3ccccc3)CC2C)c1. The Kier molecular flexibility index (Phi) is 5.24. The standard InChI is InChI=1S/C22H28N2O/c1-17-15-24(16-19-8-5-4-6-9-19)13-12-22(17,3)20-10-7-11-21(14-20)23-18(2)25/h4-11,14,17H,12-13,15-16H2,1-3H3,(H,23,25). The van der Waals surface area contributed by atoms with Crippen molar-refractivity contribution in [3.05, 3.63) is 65.7 Å². The van der Waals surface area contributed by atoms with E-state index < -0.39 is 0 Å². The fourth-order valence-electron chi connectivity index (χ4n) is 3.89. The van der Waals surface area contributed by atoms with E-state index in [-0.39, 0.29) is 11.3 Å². The Morgan fingerprint density at radius 3 is 2.64 bits per heavy atom. The van der Waals surface area contributed by atoms with Gasteiger partial charge in [0.05, 0.1) is 0 Å². The van der Waals surface area contributed by atoms with Gasteiger partial charge in [0.15, 0.2) is 0 Å². The predicted molar refractivity (Wildman–Crippen MR) is 104 cm³/mol. The molecule has 1 amide bonds. The summed E-state index contributed by atoms with van der Waals surface area (Å²) >= 11 is 0. The van der Waals surface area contributed by atoms with Crippen LogP contribution in [0.3, 0.4) is 0 Å². The molecule has 2 atom stereocenters. The van der Waals surface area contributed by atoms with Crippen molar-refractivity contribution >= 4 is 11.6 Å². The van der Waals surface area contributed by atoms with Crippen LogP contribution in [0.5, 0.6) is 0 Å². The third kappa shape index (κ3) is 4.10. The first kappa shape index (κ1) is 17.7. The van der Waals surface area contributed by atoms with Crippen LogP contribution >= 0.6 is 0 Å². The van der Waals surface area contributed by atoms with E-state index in [4.69, 9.17) is 0 Å². The normalized spacial score (nSPS) is 24.0. The average molecular weight is 336 g/mol. The summed E-state index contributed by atoms with van der Waals surface area (Å²) in [7, 11) is 0. The lowest BCUT2D eigenvalue weighted by molar-refractivity contribution is -0.114. The Morgan fingerprint density at radius 2 is 1.96 bits per heavy atom. The van der Waals surface area contributed by atoms with E-state index in [9.17, 15) is 4.79 Å². The minimum Gasteiger partial charge on any atom is -0.326 e. The van der Waals surface area contributed by atoms with Gasteiger partial charge in [0.25, 0.3) is 0 Å². The zero-order valence-electron chi connectivity index (χ0n) is 15.5. The molecule has 1 fully saturated rings. The van der Waals surface area contributed by atoms with Crippen LogP contribution in [0, 0.1) is 5.92 Å². The van der Waals surface area contributed by atoms with Crippen molar-refractivity contribution in [2.24, 2.45) is 5.92 Å². The number of hydrogen-bond donors (Lipinski definition) is 1. The van der Waals surface area contributed by atoms with Gasteiger partial charge >= 0.3 is 0 Å². The van der Waals surface area contributed by atoms with Gasteiger partial charge < -0.3 is 5.32 Å². The summed E-state index contributed by atoms with van der Waals surface area (Å²) in [4.78, 5) is 13.9. The summed E-state index contributed by atoms with van der Waals surface area (Å²) in [5.41, 5.74) is 3.74. The summed E-state index contributed by atoms with van der Waals surface area (Å²) in [6.07, 6.45) is 1.13. The lowest BCUT2D eigenvalue weighted by Gasteiger charge is -2.45. The lowest BCUT2D eigenvalue weighted by atomic mass is 9.68. The van der Waals surface area contributed by atoms with Crippen LogP contribution in [0.15, 0.2) is 54.6 Å². The molecule has 2 aromatic rings. The third-order valence-corrected chi connectivity index (χ3v) is 5.66. The van der Waals surface area contributed by atoms with Crippen LogP contribution in [0.2, 0.25) is 0 Å². The lowest BCUT2D eigenvalue weighted by Crippen LogP contribution is -2.46. The minimum absolute atomic E-state index is 0.0203. The van der Waals surface area contributed by atoms with Gasteiger partial charge in [-0.05, 0) is 47.6 Å². The maximum Gasteiger partial charge on any atom is 0.221 e. The summed E-state index contributed by atoms with van der Waals surface area (Å²) < 4.78 is 0. The van der Waals surface area contributed by atoms with Crippen molar-refractivity contribution < 1.29 is 4.79 Å². The number of nitrogens with zero attached hydrogens (tertiary/aromatic N) is 1. The van der Waals surface area contributed by atoms with Gasteiger partial charge in [0.2, 0.25) is 5.91 Å². The number of amides is 1. The molecular formula is C22H28N2O. The number of rotatable bonds is 4. The first-order valence-corrected chi connectivity index (χ1v) is 9.12. The van der Waals surface area contributed by atoms with Crippen LogP contribution in [0.1, 0.15) is 38.3 Å². The number of carbonyl (C=O) groups is 1. The molecule has 3 heteroatoms. The highest BCUT2D eigenvalue weighted by Gasteiger charge is 2.38. The summed E-state index contributed by atoms with van der Waals surface area (Å²) in [6.45, 7) is 9.48. The Balaban J connectivity index is 1.72. The van der Waals surface area contributed by atoms with Crippen LogP contribution in [-0.2, 0) is 16.8 Å². The van der Waals surface area contributed by atoms with Gasteiger partial charge in [0.1, 0.15) is 0 Å². The van der Waals surface area contributed by atoms with Crippen LogP contribution in [0.4, 0.5) is 5.69 Å². The molecule has 0 aliphatic carbocycles. The van der Waals surface area contributed by atoms with Gasteiger partial charge in [-0.15, -0.1) is 0 Å². The van der Waals surface area contributed by atoms with Crippen LogP contribution < -0.4 is 5.32 Å². The monoisotopic (exact) mass is 336 g/mol. The largest absolute Gasteiger partial charge is 0.326 e. The van der Waals surface area contributed by atoms with Crippen LogP contribution in [-0.4, -0.2) is 23.9 Å². The first-order valence-electron chi connectivity index (χ1n) is 9.12. The van der Waals surface area contributed by atoms with E-state index >= 15 is 0 Å². The smallest absolute Gasteiger partial charge is 0.221 e. The highest BCUT2D eigenvalue weighted by molar-refractivity contribution is 5.88. The molecule has 2 unspecified atom stereocenters. The van der Waals surface area contributed by atoms with Gasteiger partial charge in [-0.25, -0.2) is 0 Å². The van der Waals surface area contributed by atoms with E-state index in [1.165, 1.54) is 11.1 Å². The molecule has 1 saturated heterocycles. The van der Waals surface area contributed by atoms with E-state index in [1.807, 2.05) is 6.07 Å². The van der Waals surface area contributed by atoms with Gasteiger partial charge in [-0.3, -0.25) is 9.69 Å². The van der Waals surface area contributed by atoms with E-state index in [2.05, 4.69) is 72.6 Å². The molecule has 1 aliphatic rings. The van der Waals surface area contributed by atoms with Gasteiger partial charge in [-0.2, -0.15) is 0 Å². The molecular weight excluding hydrogens is 308 g/mol. The third-order valence-electron chi connectivity index (χ3n) is 5.66. The van der Waals surface area contributed by atoms with Crippen molar-refractivity contribution in [1.82, 2.24) is 4.90 Å². The number of benzene rings is 2. The number of carbonyl (C=O) groups excluding carboxylic acids is 1. The van der Waals surface area contributed by atoms with E-state index in [0.29, 0.717) is 5.92 Å². The quantitative estimate of drug-likeness (QED) is 0.895. The minimum atomic E-state index is -0.0203. The highest BCUT2D eigenvalue weighted by atomic mass is 16.1. The van der Waals surface area contributed by atoms with Gasteiger partial charge in [-0.1, -0.05) is 56.3 Å². The van der Waals surface area contributed by atoms with Crippen LogP contribution in [0.25, 0.3) is 0 Å². The van der Waals surface area contributed by atoms with Gasteiger partial charge in [0, 0.05) is 25.7 Å². The highest BCUT2D eigenvalue weighted by Crippen LogP contribution is 2.40. The Hall–Kier alpha value is -2.13. The number of hydrogen-bond acceptors (Lipinski definition) is 2. The molecule has 132 valence electrons. The summed E-state index contributed by atoms with van der Waals surface area (Å²) in [6, 6.07) is 19.1. The molecule has 1 heterocycles. The second kappa shape index (κ2) is 7.40.